The van der Waals surface area contributed by atoms with E-state index in [-0.39, 0.29) is 35.5 Å². The predicted octanol–water partition coefficient (Wildman–Crippen LogP) is 3.13. The number of benzene rings is 2. The molecule has 0 saturated carbocycles. The van der Waals surface area contributed by atoms with Crippen molar-refractivity contribution in [3.05, 3.63) is 71.4 Å². The van der Waals surface area contributed by atoms with Crippen molar-refractivity contribution in [3.8, 4) is 0 Å². The lowest BCUT2D eigenvalue weighted by molar-refractivity contribution is -0.0938. The molecule has 2 aromatic heterocycles. The van der Waals surface area contributed by atoms with Gasteiger partial charge < -0.3 is 15.4 Å². The Morgan fingerprint density at radius 1 is 1.26 bits per heavy atom. The molecule has 3 heterocycles. The van der Waals surface area contributed by atoms with Crippen molar-refractivity contribution in [1.29, 1.82) is 0 Å². The van der Waals surface area contributed by atoms with E-state index >= 15 is 4.39 Å². The molecule has 2 aromatic carbocycles. The highest BCUT2D eigenvalue weighted by Gasteiger charge is 2.44. The van der Waals surface area contributed by atoms with Gasteiger partial charge in [-0.3, -0.25) is 9.20 Å². The molecule has 3 atom stereocenters. The number of carbonyl (C=O) groups excluding carboxylic acids is 1. The second kappa shape index (κ2) is 6.49. The molecule has 1 amide bonds. The fraction of sp³-hybridized carbons (Fsp3) is 0.261. The van der Waals surface area contributed by atoms with Gasteiger partial charge in [0.1, 0.15) is 17.2 Å². The quantitative estimate of drug-likeness (QED) is 0.514. The number of rotatable bonds is 1. The molecule has 6 rings (SSSR count). The zero-order valence-corrected chi connectivity index (χ0v) is 16.8. The number of fused-ring (bicyclic) bond motifs is 6. The first-order valence-electron chi connectivity index (χ1n) is 10.3. The molecule has 156 valence electrons. The van der Waals surface area contributed by atoms with Crippen molar-refractivity contribution in [1.82, 2.24) is 19.3 Å². The summed E-state index contributed by atoms with van der Waals surface area (Å²) in [4.78, 5) is 23.8. The lowest BCUT2D eigenvalue weighted by Crippen LogP contribution is -2.50. The molecular weight excluding hydrogens is 397 g/mol. The molecule has 7 nitrogen and oxygen atoms in total. The van der Waals surface area contributed by atoms with Crippen LogP contribution in [0.1, 0.15) is 34.5 Å². The van der Waals surface area contributed by atoms with E-state index in [4.69, 9.17) is 10.5 Å². The summed E-state index contributed by atoms with van der Waals surface area (Å²) in [7, 11) is 0. The van der Waals surface area contributed by atoms with Crippen LogP contribution in [0.15, 0.2) is 48.9 Å². The summed E-state index contributed by atoms with van der Waals surface area (Å²) in [6.45, 7) is 2.34. The number of nitrogens with zero attached hydrogens (tertiary/aromatic N) is 4. The Morgan fingerprint density at radius 3 is 2.97 bits per heavy atom. The van der Waals surface area contributed by atoms with Gasteiger partial charge >= 0.3 is 0 Å². The van der Waals surface area contributed by atoms with E-state index in [9.17, 15) is 4.79 Å². The SMILES string of the molecule is C[C@@H]1CN(C(=O)c2cc3c(cc2F)nc(N)c2cncn23)C2c3ccccc3CC2O1. The van der Waals surface area contributed by atoms with E-state index in [1.807, 2.05) is 25.1 Å². The standard InChI is InChI=1S/C23H20FN5O2/c1-12-10-28(21-14-5-3-2-4-13(14)6-20(21)31-12)23(30)15-7-18-17(8-16(15)24)27-22(25)19-9-26-11-29(18)19/h2-5,7-9,11-12,20-21H,6,10H2,1H3,(H2,25,27)/t12-,20?,21?/m1/s1. The molecule has 0 radical (unpaired) electrons. The van der Waals surface area contributed by atoms with Crippen LogP contribution in [-0.2, 0) is 11.2 Å². The fourth-order valence-electron chi connectivity index (χ4n) is 4.99. The number of hydrogen-bond acceptors (Lipinski definition) is 5. The molecule has 1 aliphatic carbocycles. The van der Waals surface area contributed by atoms with Crippen molar-refractivity contribution >= 4 is 28.3 Å². The van der Waals surface area contributed by atoms with Gasteiger partial charge in [-0.2, -0.15) is 0 Å². The van der Waals surface area contributed by atoms with Gasteiger partial charge in [0, 0.05) is 19.0 Å². The Kier molecular flexibility index (Phi) is 3.82. The van der Waals surface area contributed by atoms with Crippen LogP contribution in [0, 0.1) is 5.82 Å². The summed E-state index contributed by atoms with van der Waals surface area (Å²) in [5.74, 6) is -0.715. The Balaban J connectivity index is 1.49. The smallest absolute Gasteiger partial charge is 0.257 e. The summed E-state index contributed by atoms with van der Waals surface area (Å²) in [5.41, 5.74) is 9.78. The second-order valence-corrected chi connectivity index (χ2v) is 8.26. The van der Waals surface area contributed by atoms with E-state index in [1.165, 1.54) is 11.6 Å². The van der Waals surface area contributed by atoms with E-state index in [0.29, 0.717) is 23.1 Å². The largest absolute Gasteiger partial charge is 0.382 e. The van der Waals surface area contributed by atoms with Crippen molar-refractivity contribution in [2.24, 2.45) is 0 Å². The van der Waals surface area contributed by atoms with Crippen LogP contribution < -0.4 is 5.73 Å². The normalized spacial score (nSPS) is 22.6. The summed E-state index contributed by atoms with van der Waals surface area (Å²) in [6.07, 6.45) is 3.66. The van der Waals surface area contributed by atoms with Gasteiger partial charge in [0.25, 0.3) is 5.91 Å². The second-order valence-electron chi connectivity index (χ2n) is 8.26. The van der Waals surface area contributed by atoms with Crippen LogP contribution in [0.5, 0.6) is 0 Å². The van der Waals surface area contributed by atoms with Crippen LogP contribution in [0.3, 0.4) is 0 Å². The topological polar surface area (TPSA) is 85.8 Å². The minimum Gasteiger partial charge on any atom is -0.382 e. The van der Waals surface area contributed by atoms with Crippen molar-refractivity contribution in [3.63, 3.8) is 0 Å². The number of aromatic nitrogens is 3. The van der Waals surface area contributed by atoms with Crippen LogP contribution in [0.4, 0.5) is 10.2 Å². The molecule has 31 heavy (non-hydrogen) atoms. The molecule has 0 spiro atoms. The van der Waals surface area contributed by atoms with Crippen molar-refractivity contribution in [2.75, 3.05) is 12.3 Å². The Morgan fingerprint density at radius 2 is 2.10 bits per heavy atom. The minimum atomic E-state index is -0.620. The molecule has 0 bridgehead atoms. The molecule has 8 heteroatoms. The van der Waals surface area contributed by atoms with Gasteiger partial charge in [-0.1, -0.05) is 24.3 Å². The third-order valence-corrected chi connectivity index (χ3v) is 6.30. The van der Waals surface area contributed by atoms with Gasteiger partial charge in [-0.05, 0) is 24.1 Å². The number of ether oxygens (including phenoxy) is 1. The van der Waals surface area contributed by atoms with Crippen LogP contribution in [-0.4, -0.2) is 43.9 Å². The van der Waals surface area contributed by atoms with Crippen LogP contribution in [0.25, 0.3) is 16.6 Å². The number of halogens is 1. The number of anilines is 1. The molecule has 4 aromatic rings. The fourth-order valence-corrected chi connectivity index (χ4v) is 4.99. The highest BCUT2D eigenvalue weighted by Crippen LogP contribution is 2.42. The number of hydrogen-bond donors (Lipinski definition) is 1. The first kappa shape index (κ1) is 18.3. The van der Waals surface area contributed by atoms with Crippen molar-refractivity contribution < 1.29 is 13.9 Å². The Hall–Kier alpha value is -3.52. The van der Waals surface area contributed by atoms with Crippen molar-refractivity contribution in [2.45, 2.75) is 31.6 Å². The molecule has 2 aliphatic rings. The van der Waals surface area contributed by atoms with Gasteiger partial charge in [0.15, 0.2) is 0 Å². The molecule has 2 unspecified atom stereocenters. The average molecular weight is 417 g/mol. The van der Waals surface area contributed by atoms with Crippen LogP contribution >= 0.6 is 0 Å². The van der Waals surface area contributed by atoms with Gasteiger partial charge in [0.05, 0.1) is 47.4 Å². The maximum absolute atomic E-state index is 15.1. The van der Waals surface area contributed by atoms with E-state index in [0.717, 1.165) is 12.0 Å². The Labute approximate surface area is 177 Å². The lowest BCUT2D eigenvalue weighted by atomic mass is 10.0. The zero-order valence-electron chi connectivity index (χ0n) is 16.8. The van der Waals surface area contributed by atoms with E-state index in [1.54, 1.807) is 27.9 Å². The molecule has 1 fully saturated rings. The number of imidazole rings is 1. The van der Waals surface area contributed by atoms with Gasteiger partial charge in [-0.25, -0.2) is 14.4 Å². The molecule has 1 aliphatic heterocycles. The third-order valence-electron chi connectivity index (χ3n) is 6.30. The number of morpholine rings is 1. The first-order valence-corrected chi connectivity index (χ1v) is 10.3. The van der Waals surface area contributed by atoms with Crippen LogP contribution in [0.2, 0.25) is 0 Å². The molecular formula is C23H20FN5O2. The lowest BCUT2D eigenvalue weighted by Gasteiger charge is -2.41. The molecule has 2 N–H and O–H groups in total. The Bertz CT molecular complexity index is 1370. The van der Waals surface area contributed by atoms with Gasteiger partial charge in [0.2, 0.25) is 0 Å². The maximum Gasteiger partial charge on any atom is 0.257 e. The van der Waals surface area contributed by atoms with Gasteiger partial charge in [-0.15, -0.1) is 0 Å². The first-order chi connectivity index (χ1) is 15.0. The van der Waals surface area contributed by atoms with E-state index < -0.39 is 5.82 Å². The molecule has 1 saturated heterocycles. The summed E-state index contributed by atoms with van der Waals surface area (Å²) in [6, 6.07) is 10.6. The number of nitrogen functional groups attached to an aromatic ring is 1. The summed E-state index contributed by atoms with van der Waals surface area (Å²) in [5, 5.41) is 0. The highest BCUT2D eigenvalue weighted by molar-refractivity contribution is 5.99. The average Bonchev–Trinajstić information content (AvgIpc) is 3.37. The number of amides is 1. The summed E-state index contributed by atoms with van der Waals surface area (Å²) < 4.78 is 23.0. The third kappa shape index (κ3) is 2.64. The number of carbonyl (C=O) groups is 1. The zero-order chi connectivity index (χ0) is 21.3. The summed E-state index contributed by atoms with van der Waals surface area (Å²) >= 11 is 0. The minimum absolute atomic E-state index is 0.00584. The van der Waals surface area contributed by atoms with E-state index in [2.05, 4.69) is 16.0 Å². The maximum atomic E-state index is 15.1. The highest BCUT2D eigenvalue weighted by atomic mass is 19.1. The number of nitrogens with two attached hydrogens (primary N) is 1. The monoisotopic (exact) mass is 417 g/mol. The predicted molar refractivity (Wildman–Crippen MR) is 113 cm³/mol.